The number of hydrogen-bond donors (Lipinski definition) is 1. The number of nitrogens with one attached hydrogen (secondary N) is 1. The summed E-state index contributed by atoms with van der Waals surface area (Å²) in [5.74, 6) is 1.48. The molecule has 2 aromatic heterocycles. The summed E-state index contributed by atoms with van der Waals surface area (Å²) in [7, 11) is 0. The Bertz CT molecular complexity index is 659. The number of rotatable bonds is 5. The van der Waals surface area contributed by atoms with Crippen LogP contribution in [0.2, 0.25) is 0 Å². The van der Waals surface area contributed by atoms with E-state index in [1.54, 1.807) is 11.3 Å². The Morgan fingerprint density at radius 2 is 2.22 bits per heavy atom. The monoisotopic (exact) mass is 334 g/mol. The van der Waals surface area contributed by atoms with Gasteiger partial charge in [0.2, 0.25) is 5.89 Å². The Labute approximate surface area is 139 Å². The molecule has 3 heterocycles. The second-order valence-electron chi connectivity index (χ2n) is 5.89. The van der Waals surface area contributed by atoms with Crippen LogP contribution < -0.4 is 5.32 Å². The Kier molecular flexibility index (Phi) is 5.07. The Morgan fingerprint density at radius 1 is 1.43 bits per heavy atom. The van der Waals surface area contributed by atoms with E-state index in [2.05, 4.69) is 20.4 Å². The van der Waals surface area contributed by atoms with Gasteiger partial charge < -0.3 is 9.84 Å². The van der Waals surface area contributed by atoms with Crippen LogP contribution in [0.25, 0.3) is 0 Å². The van der Waals surface area contributed by atoms with E-state index in [0.29, 0.717) is 12.4 Å². The number of carbonyl (C=O) groups is 1. The van der Waals surface area contributed by atoms with Gasteiger partial charge in [0, 0.05) is 30.4 Å². The maximum absolute atomic E-state index is 12.2. The molecule has 0 unspecified atom stereocenters. The van der Waals surface area contributed by atoms with Crippen molar-refractivity contribution < 1.29 is 9.32 Å². The van der Waals surface area contributed by atoms with Crippen LogP contribution in [0.1, 0.15) is 46.0 Å². The summed E-state index contributed by atoms with van der Waals surface area (Å²) in [6.45, 7) is 6.58. The van der Waals surface area contributed by atoms with E-state index in [1.807, 2.05) is 26.0 Å². The molecule has 0 radical (unpaired) electrons. The van der Waals surface area contributed by atoms with Crippen LogP contribution in [0.3, 0.4) is 0 Å². The number of nitrogens with zero attached hydrogens (tertiary/aromatic N) is 3. The molecule has 0 atom stereocenters. The maximum atomic E-state index is 12.2. The van der Waals surface area contributed by atoms with Crippen molar-refractivity contribution in [2.75, 3.05) is 13.1 Å². The Balaban J connectivity index is 1.45. The molecule has 2 aromatic rings. The minimum atomic E-state index is 0.0473. The summed E-state index contributed by atoms with van der Waals surface area (Å²) in [4.78, 5) is 20.8. The molecular weight excluding hydrogens is 312 g/mol. The molecule has 6 nitrogen and oxygen atoms in total. The number of aromatic nitrogens is 2. The van der Waals surface area contributed by atoms with Gasteiger partial charge in [-0.3, -0.25) is 9.69 Å². The third kappa shape index (κ3) is 4.17. The summed E-state index contributed by atoms with van der Waals surface area (Å²) in [5.41, 5.74) is 0. The molecule has 0 spiro atoms. The fourth-order valence-corrected chi connectivity index (χ4v) is 3.51. The Hall–Kier alpha value is -1.73. The molecule has 0 saturated carbocycles. The van der Waals surface area contributed by atoms with Gasteiger partial charge in [-0.25, -0.2) is 0 Å². The number of carbonyl (C=O) groups excluding carboxylic acids is 1. The van der Waals surface area contributed by atoms with Crippen molar-refractivity contribution in [3.05, 3.63) is 33.6 Å². The normalized spacial score (nSPS) is 16.6. The van der Waals surface area contributed by atoms with E-state index < -0.39 is 0 Å². The van der Waals surface area contributed by atoms with Crippen molar-refractivity contribution in [3.8, 4) is 0 Å². The van der Waals surface area contributed by atoms with Gasteiger partial charge in [-0.2, -0.15) is 4.98 Å². The van der Waals surface area contributed by atoms with Gasteiger partial charge in [0.05, 0.1) is 11.4 Å². The number of thiophene rings is 1. The first kappa shape index (κ1) is 16.1. The zero-order valence-electron chi connectivity index (χ0n) is 13.5. The zero-order chi connectivity index (χ0) is 16.2. The van der Waals surface area contributed by atoms with Crippen LogP contribution in [0, 0.1) is 6.92 Å². The van der Waals surface area contributed by atoms with E-state index in [4.69, 9.17) is 4.52 Å². The second kappa shape index (κ2) is 7.23. The van der Waals surface area contributed by atoms with Crippen LogP contribution in [0.5, 0.6) is 0 Å². The molecule has 1 aliphatic rings. The third-order valence-electron chi connectivity index (χ3n) is 4.07. The molecule has 1 saturated heterocycles. The van der Waals surface area contributed by atoms with E-state index in [-0.39, 0.29) is 11.9 Å². The van der Waals surface area contributed by atoms with Gasteiger partial charge in [-0.15, -0.1) is 11.3 Å². The highest BCUT2D eigenvalue weighted by Crippen LogP contribution is 2.17. The van der Waals surface area contributed by atoms with E-state index >= 15 is 0 Å². The third-order valence-corrected chi connectivity index (χ3v) is 5.07. The van der Waals surface area contributed by atoms with Crippen LogP contribution in [0.4, 0.5) is 0 Å². The first-order chi connectivity index (χ1) is 11.1. The maximum Gasteiger partial charge on any atom is 0.261 e. The predicted molar refractivity (Wildman–Crippen MR) is 88.5 cm³/mol. The number of likely N-dealkylation sites (tertiary alicyclic amines) is 1. The molecule has 23 heavy (non-hydrogen) atoms. The lowest BCUT2D eigenvalue weighted by atomic mass is 10.0. The number of piperidine rings is 1. The van der Waals surface area contributed by atoms with Crippen molar-refractivity contribution >= 4 is 17.2 Å². The summed E-state index contributed by atoms with van der Waals surface area (Å²) >= 11 is 1.54. The smallest absolute Gasteiger partial charge is 0.261 e. The first-order valence-electron chi connectivity index (χ1n) is 8.05. The largest absolute Gasteiger partial charge is 0.349 e. The quantitative estimate of drug-likeness (QED) is 0.909. The molecule has 7 heteroatoms. The summed E-state index contributed by atoms with van der Waals surface area (Å²) in [6, 6.07) is 4.12. The van der Waals surface area contributed by atoms with E-state index in [9.17, 15) is 4.79 Å². The summed E-state index contributed by atoms with van der Waals surface area (Å²) < 4.78 is 5.24. The van der Waals surface area contributed by atoms with Crippen LogP contribution in [-0.2, 0) is 13.0 Å². The molecule has 3 rings (SSSR count). The molecule has 0 aromatic carbocycles. The van der Waals surface area contributed by atoms with E-state index in [1.165, 1.54) is 0 Å². The van der Waals surface area contributed by atoms with Gasteiger partial charge in [0.1, 0.15) is 0 Å². The van der Waals surface area contributed by atoms with Crippen LogP contribution >= 0.6 is 11.3 Å². The molecule has 1 aliphatic heterocycles. The average molecular weight is 334 g/mol. The van der Waals surface area contributed by atoms with Gasteiger partial charge >= 0.3 is 0 Å². The fourth-order valence-electron chi connectivity index (χ4n) is 2.74. The van der Waals surface area contributed by atoms with Gasteiger partial charge in [0.25, 0.3) is 5.91 Å². The molecule has 0 bridgehead atoms. The lowest BCUT2D eigenvalue weighted by molar-refractivity contribution is 0.0908. The average Bonchev–Trinajstić information content (AvgIpc) is 3.18. The standard InChI is InChI=1S/C16H22N4O2S/c1-3-14-18-15(22-19-14)10-20-8-6-12(7-9-20)17-16(21)13-5-4-11(2)23-13/h4-5,12H,3,6-10H2,1-2H3,(H,17,21). The summed E-state index contributed by atoms with van der Waals surface area (Å²) in [6.07, 6.45) is 2.69. The molecule has 1 amide bonds. The van der Waals surface area contributed by atoms with Crippen molar-refractivity contribution in [2.45, 2.75) is 45.7 Å². The van der Waals surface area contributed by atoms with Crippen molar-refractivity contribution in [1.82, 2.24) is 20.4 Å². The minimum absolute atomic E-state index is 0.0473. The van der Waals surface area contributed by atoms with Gasteiger partial charge in [0.15, 0.2) is 5.82 Å². The molecule has 124 valence electrons. The van der Waals surface area contributed by atoms with Crippen molar-refractivity contribution in [1.29, 1.82) is 0 Å². The zero-order valence-corrected chi connectivity index (χ0v) is 14.4. The number of hydrogen-bond acceptors (Lipinski definition) is 6. The SMILES string of the molecule is CCc1noc(CN2CCC(NC(=O)c3ccc(C)s3)CC2)n1. The second-order valence-corrected chi connectivity index (χ2v) is 7.18. The topological polar surface area (TPSA) is 71.3 Å². The predicted octanol–water partition coefficient (Wildman–Crippen LogP) is 2.40. The molecular formula is C16H22N4O2S. The molecule has 1 fully saturated rings. The van der Waals surface area contributed by atoms with E-state index in [0.717, 1.165) is 47.9 Å². The number of amides is 1. The highest BCUT2D eigenvalue weighted by molar-refractivity contribution is 7.13. The van der Waals surface area contributed by atoms with Crippen molar-refractivity contribution in [3.63, 3.8) is 0 Å². The van der Waals surface area contributed by atoms with Crippen LogP contribution in [-0.4, -0.2) is 40.1 Å². The van der Waals surface area contributed by atoms with Gasteiger partial charge in [-0.1, -0.05) is 12.1 Å². The summed E-state index contributed by atoms with van der Waals surface area (Å²) in [5, 5.41) is 7.06. The van der Waals surface area contributed by atoms with Crippen LogP contribution in [0.15, 0.2) is 16.7 Å². The Morgan fingerprint density at radius 3 is 2.83 bits per heavy atom. The molecule has 0 aliphatic carbocycles. The lowest BCUT2D eigenvalue weighted by Crippen LogP contribution is -2.44. The lowest BCUT2D eigenvalue weighted by Gasteiger charge is -2.31. The highest BCUT2D eigenvalue weighted by atomic mass is 32.1. The minimum Gasteiger partial charge on any atom is -0.349 e. The fraction of sp³-hybridized carbons (Fsp3) is 0.562. The first-order valence-corrected chi connectivity index (χ1v) is 8.87. The number of aryl methyl sites for hydroxylation is 2. The highest BCUT2D eigenvalue weighted by Gasteiger charge is 2.22. The molecule has 1 N–H and O–H groups in total. The van der Waals surface area contributed by atoms with Gasteiger partial charge in [-0.05, 0) is 31.9 Å². The van der Waals surface area contributed by atoms with Crippen molar-refractivity contribution in [2.24, 2.45) is 0 Å².